The topological polar surface area (TPSA) is 117 Å². The molecule has 0 N–H and O–H groups in total. The molecule has 0 saturated heterocycles. The van der Waals surface area contributed by atoms with Gasteiger partial charge < -0.3 is 9.15 Å². The average Bonchev–Trinajstić information content (AvgIpc) is 3.51. The summed E-state index contributed by atoms with van der Waals surface area (Å²) in [5, 5.41) is 11.4. The minimum absolute atomic E-state index is 0.00138. The lowest BCUT2D eigenvalue weighted by Crippen LogP contribution is -2.40. The Kier molecular flexibility index (Phi) is 7.83. The van der Waals surface area contributed by atoms with Gasteiger partial charge >= 0.3 is 5.97 Å². The number of carbonyl (C=O) groups is 1. The molecule has 11 heteroatoms. The van der Waals surface area contributed by atoms with E-state index in [1.54, 1.807) is 69.8 Å². The Morgan fingerprint density at radius 3 is 2.56 bits per heavy atom. The number of nitro benzene ring substituents is 1. The first-order valence-corrected chi connectivity index (χ1v) is 14.8. The second-order valence-electron chi connectivity index (χ2n) is 9.72. The third-order valence-corrected chi connectivity index (χ3v) is 8.41. The predicted molar refractivity (Wildman–Crippen MR) is 159 cm³/mol. The Hall–Kier alpha value is -4.22. The van der Waals surface area contributed by atoms with E-state index in [0.29, 0.717) is 43.3 Å². The van der Waals surface area contributed by atoms with Crippen LogP contribution in [0.1, 0.15) is 43.7 Å². The molecule has 210 valence electrons. The summed E-state index contributed by atoms with van der Waals surface area (Å²) in [6, 6.07) is 15.3. The summed E-state index contributed by atoms with van der Waals surface area (Å²) in [7, 11) is 0. The van der Waals surface area contributed by atoms with Crippen LogP contribution in [-0.2, 0) is 9.53 Å². The maximum Gasteiger partial charge on any atom is 0.338 e. The van der Waals surface area contributed by atoms with Crippen LogP contribution in [0.5, 0.6) is 0 Å². The summed E-state index contributed by atoms with van der Waals surface area (Å²) < 4.78 is 13.5. The van der Waals surface area contributed by atoms with Crippen molar-refractivity contribution in [1.29, 1.82) is 0 Å². The van der Waals surface area contributed by atoms with E-state index in [1.165, 1.54) is 22.0 Å². The zero-order valence-electron chi connectivity index (χ0n) is 23.0. The Labute approximate surface area is 243 Å². The fraction of sp³-hybridized carbons (Fsp3) is 0.233. The van der Waals surface area contributed by atoms with Crippen LogP contribution in [0.3, 0.4) is 0 Å². The number of hydrogen-bond donors (Lipinski definition) is 0. The monoisotopic (exact) mass is 589 g/mol. The number of carbonyl (C=O) groups excluding carboxylic acids is 1. The van der Waals surface area contributed by atoms with E-state index in [1.807, 2.05) is 30.5 Å². The van der Waals surface area contributed by atoms with Gasteiger partial charge in [0.25, 0.3) is 11.2 Å². The fourth-order valence-electron chi connectivity index (χ4n) is 4.75. The second-order valence-corrected chi connectivity index (χ2v) is 11.6. The number of esters is 1. The fourth-order valence-corrected chi connectivity index (χ4v) is 6.19. The number of ether oxygens (including phenoxy) is 1. The summed E-state index contributed by atoms with van der Waals surface area (Å²) in [6.07, 6.45) is 3.27. The molecule has 3 heterocycles. The largest absolute Gasteiger partial charge is 0.459 e. The predicted octanol–water partition coefficient (Wildman–Crippen LogP) is 5.39. The summed E-state index contributed by atoms with van der Waals surface area (Å²) in [5.41, 5.74) is 2.34. The smallest absolute Gasteiger partial charge is 0.338 e. The number of allylic oxidation sites excluding steroid dienone is 1. The van der Waals surface area contributed by atoms with E-state index >= 15 is 0 Å². The molecule has 2 aromatic heterocycles. The molecule has 41 heavy (non-hydrogen) atoms. The van der Waals surface area contributed by atoms with Crippen LogP contribution in [0.25, 0.3) is 17.4 Å². The zero-order chi connectivity index (χ0) is 29.4. The number of nitro groups is 1. The lowest BCUT2D eigenvalue weighted by Gasteiger charge is -2.25. The minimum atomic E-state index is -0.713. The van der Waals surface area contributed by atoms with Crippen molar-refractivity contribution in [3.8, 4) is 11.3 Å². The molecule has 0 spiro atoms. The zero-order valence-corrected chi connectivity index (χ0v) is 24.7. The van der Waals surface area contributed by atoms with Crippen molar-refractivity contribution in [2.75, 3.05) is 6.26 Å². The standard InChI is InChI=1S/C30H27N3O6S2/c1-16(2)38-29(35)26-18(4)31-30-32(27(26)19-9-12-21(40-5)13-10-19)28(34)25(41-30)15-20-11-14-24(39-20)22-7-6-8-23(17(22)3)33(36)37/h6-16,27H,1-5H3/b25-15-/t27-/m0/s1. The highest BCUT2D eigenvalue weighted by Gasteiger charge is 2.33. The number of aromatic nitrogens is 1. The molecular formula is C30H27N3O6S2. The van der Waals surface area contributed by atoms with Crippen LogP contribution >= 0.6 is 23.1 Å². The normalized spacial score (nSPS) is 15.2. The third-order valence-electron chi connectivity index (χ3n) is 6.68. The minimum Gasteiger partial charge on any atom is -0.459 e. The molecular weight excluding hydrogens is 562 g/mol. The molecule has 0 amide bonds. The molecule has 0 bridgehead atoms. The van der Waals surface area contributed by atoms with Gasteiger partial charge in [-0.3, -0.25) is 19.5 Å². The number of rotatable bonds is 7. The molecule has 0 radical (unpaired) electrons. The molecule has 0 aliphatic carbocycles. The molecule has 0 unspecified atom stereocenters. The van der Waals surface area contributed by atoms with E-state index < -0.39 is 16.9 Å². The van der Waals surface area contributed by atoms with Crippen LogP contribution in [0.15, 0.2) is 85.0 Å². The second kappa shape index (κ2) is 11.3. The van der Waals surface area contributed by atoms with Gasteiger partial charge in [0.1, 0.15) is 11.5 Å². The highest BCUT2D eigenvalue weighted by molar-refractivity contribution is 7.98. The van der Waals surface area contributed by atoms with Crippen LogP contribution < -0.4 is 14.9 Å². The lowest BCUT2D eigenvalue weighted by molar-refractivity contribution is -0.385. The lowest BCUT2D eigenvalue weighted by atomic mass is 9.96. The van der Waals surface area contributed by atoms with Gasteiger partial charge in [-0.05, 0) is 63.8 Å². The third kappa shape index (κ3) is 5.42. The van der Waals surface area contributed by atoms with Crippen LogP contribution in [-0.4, -0.2) is 27.8 Å². The van der Waals surface area contributed by atoms with Crippen molar-refractivity contribution in [1.82, 2.24) is 4.57 Å². The highest BCUT2D eigenvalue weighted by Crippen LogP contribution is 2.33. The maximum absolute atomic E-state index is 13.9. The number of hydrogen-bond acceptors (Lipinski definition) is 9. The van der Waals surface area contributed by atoms with E-state index in [9.17, 15) is 19.7 Å². The molecule has 5 rings (SSSR count). The van der Waals surface area contributed by atoms with Gasteiger partial charge in [-0.25, -0.2) is 9.79 Å². The first-order chi connectivity index (χ1) is 19.6. The molecule has 0 fully saturated rings. The SMILES string of the molecule is CSc1ccc([C@H]2C(C(=O)OC(C)C)=C(C)N=c3s/c(=C\c4ccc(-c5cccc([N+](=O)[O-])c5C)o4)c(=O)n32)cc1. The van der Waals surface area contributed by atoms with Gasteiger partial charge in [-0.2, -0.15) is 0 Å². The van der Waals surface area contributed by atoms with Gasteiger partial charge in [0.15, 0.2) is 4.80 Å². The van der Waals surface area contributed by atoms with Crippen molar-refractivity contribution in [2.45, 2.75) is 44.7 Å². The highest BCUT2D eigenvalue weighted by atomic mass is 32.2. The Bertz CT molecular complexity index is 1880. The number of nitrogens with zero attached hydrogens (tertiary/aromatic N) is 3. The van der Waals surface area contributed by atoms with Crippen molar-refractivity contribution < 1.29 is 18.9 Å². The van der Waals surface area contributed by atoms with Gasteiger partial charge in [0, 0.05) is 28.2 Å². The van der Waals surface area contributed by atoms with E-state index in [0.717, 1.165) is 10.5 Å². The molecule has 1 atom stereocenters. The quantitative estimate of drug-likeness (QED) is 0.123. The van der Waals surface area contributed by atoms with Crippen molar-refractivity contribution in [3.05, 3.63) is 113 Å². The van der Waals surface area contributed by atoms with Gasteiger partial charge in [-0.15, -0.1) is 11.8 Å². The van der Waals surface area contributed by atoms with Gasteiger partial charge in [0.2, 0.25) is 0 Å². The first-order valence-electron chi connectivity index (χ1n) is 12.8. The van der Waals surface area contributed by atoms with E-state index in [4.69, 9.17) is 9.15 Å². The van der Waals surface area contributed by atoms with Crippen molar-refractivity contribution >= 4 is 40.8 Å². The molecule has 0 saturated carbocycles. The number of benzene rings is 2. The molecule has 9 nitrogen and oxygen atoms in total. The number of furan rings is 1. The van der Waals surface area contributed by atoms with Crippen LogP contribution in [0.2, 0.25) is 0 Å². The molecule has 2 aromatic carbocycles. The Balaban J connectivity index is 1.62. The average molecular weight is 590 g/mol. The Morgan fingerprint density at radius 1 is 1.17 bits per heavy atom. The maximum atomic E-state index is 13.9. The summed E-state index contributed by atoms with van der Waals surface area (Å²) in [4.78, 5) is 44.2. The van der Waals surface area contributed by atoms with Crippen LogP contribution in [0, 0.1) is 17.0 Å². The van der Waals surface area contributed by atoms with Gasteiger partial charge in [-0.1, -0.05) is 35.6 Å². The first kappa shape index (κ1) is 28.3. The van der Waals surface area contributed by atoms with Crippen molar-refractivity contribution in [2.24, 2.45) is 4.99 Å². The molecule has 4 aromatic rings. The number of thiazole rings is 1. The molecule has 1 aliphatic rings. The van der Waals surface area contributed by atoms with E-state index in [2.05, 4.69) is 4.99 Å². The Morgan fingerprint density at radius 2 is 1.90 bits per heavy atom. The number of fused-ring (bicyclic) bond motifs is 1. The van der Waals surface area contributed by atoms with Crippen LogP contribution in [0.4, 0.5) is 5.69 Å². The van der Waals surface area contributed by atoms with Crippen molar-refractivity contribution in [3.63, 3.8) is 0 Å². The van der Waals surface area contributed by atoms with Gasteiger partial charge in [0.05, 0.1) is 32.9 Å². The summed E-state index contributed by atoms with van der Waals surface area (Å²) >= 11 is 2.80. The number of thioether (sulfide) groups is 1. The molecule has 1 aliphatic heterocycles. The summed E-state index contributed by atoms with van der Waals surface area (Å²) in [5.74, 6) is 0.344. The summed E-state index contributed by atoms with van der Waals surface area (Å²) in [6.45, 7) is 6.97. The van der Waals surface area contributed by atoms with E-state index in [-0.39, 0.29) is 17.4 Å².